The summed E-state index contributed by atoms with van der Waals surface area (Å²) in [6.07, 6.45) is 4.90. The van der Waals surface area contributed by atoms with Gasteiger partial charge in [0.2, 0.25) is 0 Å². The highest BCUT2D eigenvalue weighted by Crippen LogP contribution is 2.23. The summed E-state index contributed by atoms with van der Waals surface area (Å²) in [7, 11) is 0. The Labute approximate surface area is 73.2 Å². The van der Waals surface area contributed by atoms with E-state index >= 15 is 0 Å². The van der Waals surface area contributed by atoms with Gasteiger partial charge in [0, 0.05) is 6.04 Å². The quantitative estimate of drug-likeness (QED) is 0.671. The van der Waals surface area contributed by atoms with Crippen molar-refractivity contribution in [2.75, 3.05) is 6.54 Å². The van der Waals surface area contributed by atoms with Gasteiger partial charge in [0.15, 0.2) is 0 Å². The third kappa shape index (κ3) is 2.81. The molecule has 2 unspecified atom stereocenters. The van der Waals surface area contributed by atoms with E-state index in [1.165, 1.54) is 19.3 Å². The van der Waals surface area contributed by atoms with E-state index in [1.54, 1.807) is 0 Å². The van der Waals surface area contributed by atoms with E-state index in [0.717, 1.165) is 6.42 Å². The molecule has 1 saturated carbocycles. The topological polar surface area (TPSA) is 49.3 Å². The summed E-state index contributed by atoms with van der Waals surface area (Å²) in [6, 6.07) is 0.426. The number of hydrogen-bond donors (Lipinski definition) is 2. The van der Waals surface area contributed by atoms with E-state index < -0.39 is 5.97 Å². The fourth-order valence-corrected chi connectivity index (χ4v) is 1.84. The third-order valence-corrected chi connectivity index (χ3v) is 2.63. The second-order valence-corrected chi connectivity index (χ2v) is 3.64. The van der Waals surface area contributed by atoms with Crippen LogP contribution in [0.5, 0.6) is 0 Å². The number of aliphatic carboxylic acids is 1. The molecule has 12 heavy (non-hydrogen) atoms. The van der Waals surface area contributed by atoms with Crippen LogP contribution >= 0.6 is 0 Å². The number of nitrogens with one attached hydrogen (secondary N) is 1. The smallest absolute Gasteiger partial charge is 0.317 e. The van der Waals surface area contributed by atoms with Crippen LogP contribution in [0.2, 0.25) is 0 Å². The summed E-state index contributed by atoms with van der Waals surface area (Å²) in [5, 5.41) is 11.5. The molecule has 0 amide bonds. The maximum absolute atomic E-state index is 10.3. The highest BCUT2D eigenvalue weighted by atomic mass is 16.4. The highest BCUT2D eigenvalue weighted by Gasteiger charge is 2.20. The van der Waals surface area contributed by atoms with Crippen LogP contribution in [0.4, 0.5) is 0 Å². The Kier molecular flexibility index (Phi) is 3.53. The van der Waals surface area contributed by atoms with Crippen LogP contribution < -0.4 is 5.32 Å². The highest BCUT2D eigenvalue weighted by molar-refractivity contribution is 5.69. The first-order chi connectivity index (χ1) is 5.70. The van der Waals surface area contributed by atoms with Crippen LogP contribution in [-0.2, 0) is 4.79 Å². The van der Waals surface area contributed by atoms with Gasteiger partial charge in [-0.05, 0) is 18.8 Å². The van der Waals surface area contributed by atoms with Gasteiger partial charge in [0.1, 0.15) is 0 Å². The van der Waals surface area contributed by atoms with Gasteiger partial charge in [-0.15, -0.1) is 0 Å². The lowest BCUT2D eigenvalue weighted by Gasteiger charge is -2.28. The molecule has 0 radical (unpaired) electrons. The van der Waals surface area contributed by atoms with Crippen LogP contribution in [0, 0.1) is 5.92 Å². The van der Waals surface area contributed by atoms with E-state index in [-0.39, 0.29) is 6.54 Å². The first-order valence-electron chi connectivity index (χ1n) is 4.65. The molecular weight excluding hydrogens is 154 g/mol. The van der Waals surface area contributed by atoms with Gasteiger partial charge in [0.25, 0.3) is 0 Å². The zero-order valence-electron chi connectivity index (χ0n) is 7.55. The number of carbonyl (C=O) groups is 1. The van der Waals surface area contributed by atoms with E-state index in [1.807, 2.05) is 0 Å². The molecule has 0 aromatic heterocycles. The van der Waals surface area contributed by atoms with Gasteiger partial charge >= 0.3 is 5.97 Å². The van der Waals surface area contributed by atoms with Crippen molar-refractivity contribution in [2.24, 2.45) is 5.92 Å². The minimum absolute atomic E-state index is 0.106. The molecular formula is C9H17NO2. The van der Waals surface area contributed by atoms with E-state index in [9.17, 15) is 4.79 Å². The zero-order valence-corrected chi connectivity index (χ0v) is 7.55. The minimum Gasteiger partial charge on any atom is -0.480 e. The van der Waals surface area contributed by atoms with Crippen LogP contribution in [0.15, 0.2) is 0 Å². The second-order valence-electron chi connectivity index (χ2n) is 3.64. The van der Waals surface area contributed by atoms with Gasteiger partial charge in [-0.3, -0.25) is 4.79 Å². The molecule has 0 heterocycles. The van der Waals surface area contributed by atoms with Crippen molar-refractivity contribution in [2.45, 2.75) is 38.6 Å². The molecule has 0 spiro atoms. The summed E-state index contributed by atoms with van der Waals surface area (Å²) >= 11 is 0. The molecule has 0 aliphatic heterocycles. The zero-order chi connectivity index (χ0) is 8.97. The van der Waals surface area contributed by atoms with E-state index in [2.05, 4.69) is 12.2 Å². The molecule has 2 atom stereocenters. The molecule has 70 valence electrons. The second kappa shape index (κ2) is 4.45. The molecule has 1 aliphatic rings. The lowest BCUT2D eigenvalue weighted by Crippen LogP contribution is -2.39. The summed E-state index contributed by atoms with van der Waals surface area (Å²) in [5.74, 6) is -0.120. The maximum Gasteiger partial charge on any atom is 0.317 e. The normalized spacial score (nSPS) is 30.1. The van der Waals surface area contributed by atoms with Crippen molar-refractivity contribution in [3.05, 3.63) is 0 Å². The number of rotatable bonds is 3. The summed E-state index contributed by atoms with van der Waals surface area (Å²) in [5.41, 5.74) is 0. The van der Waals surface area contributed by atoms with Crippen molar-refractivity contribution in [1.29, 1.82) is 0 Å². The van der Waals surface area contributed by atoms with Crippen LogP contribution in [0.1, 0.15) is 32.6 Å². The van der Waals surface area contributed by atoms with Crippen LogP contribution in [0.25, 0.3) is 0 Å². The van der Waals surface area contributed by atoms with E-state index in [4.69, 9.17) is 5.11 Å². The molecule has 1 aliphatic carbocycles. The van der Waals surface area contributed by atoms with E-state index in [0.29, 0.717) is 12.0 Å². The van der Waals surface area contributed by atoms with Crippen molar-refractivity contribution >= 4 is 5.97 Å². The Morgan fingerprint density at radius 1 is 1.50 bits per heavy atom. The van der Waals surface area contributed by atoms with Crippen molar-refractivity contribution in [1.82, 2.24) is 5.32 Å². The maximum atomic E-state index is 10.3. The summed E-state index contributed by atoms with van der Waals surface area (Å²) in [6.45, 7) is 2.30. The average molecular weight is 171 g/mol. The first-order valence-corrected chi connectivity index (χ1v) is 4.65. The Balaban J connectivity index is 2.24. The Morgan fingerprint density at radius 2 is 2.17 bits per heavy atom. The van der Waals surface area contributed by atoms with Gasteiger partial charge in [-0.25, -0.2) is 0 Å². The SMILES string of the molecule is CC1CCCCC1NCC(=O)O. The number of hydrogen-bond acceptors (Lipinski definition) is 2. The Bertz CT molecular complexity index is 159. The fourth-order valence-electron chi connectivity index (χ4n) is 1.84. The molecule has 1 fully saturated rings. The largest absolute Gasteiger partial charge is 0.480 e. The van der Waals surface area contributed by atoms with Crippen molar-refractivity contribution < 1.29 is 9.90 Å². The van der Waals surface area contributed by atoms with Gasteiger partial charge in [-0.2, -0.15) is 0 Å². The van der Waals surface area contributed by atoms with Crippen LogP contribution in [-0.4, -0.2) is 23.7 Å². The first kappa shape index (κ1) is 9.52. The molecule has 3 heteroatoms. The molecule has 0 bridgehead atoms. The Morgan fingerprint density at radius 3 is 2.75 bits per heavy atom. The molecule has 3 nitrogen and oxygen atoms in total. The van der Waals surface area contributed by atoms with Gasteiger partial charge in [0.05, 0.1) is 6.54 Å². The summed E-state index contributed by atoms with van der Waals surface area (Å²) < 4.78 is 0. The number of carboxylic acid groups (broad SMARTS) is 1. The lowest BCUT2D eigenvalue weighted by molar-refractivity contribution is -0.136. The van der Waals surface area contributed by atoms with Crippen molar-refractivity contribution in [3.8, 4) is 0 Å². The minimum atomic E-state index is -0.757. The third-order valence-electron chi connectivity index (χ3n) is 2.63. The average Bonchev–Trinajstić information content (AvgIpc) is 2.03. The van der Waals surface area contributed by atoms with Crippen LogP contribution in [0.3, 0.4) is 0 Å². The van der Waals surface area contributed by atoms with Crippen molar-refractivity contribution in [3.63, 3.8) is 0 Å². The molecule has 0 saturated heterocycles. The predicted molar refractivity (Wildman–Crippen MR) is 47.1 cm³/mol. The monoisotopic (exact) mass is 171 g/mol. The molecule has 2 N–H and O–H groups in total. The summed E-state index contributed by atoms with van der Waals surface area (Å²) in [4.78, 5) is 10.3. The molecule has 1 rings (SSSR count). The fraction of sp³-hybridized carbons (Fsp3) is 0.889. The Hall–Kier alpha value is -0.570. The molecule has 0 aromatic carbocycles. The standard InChI is InChI=1S/C9H17NO2/c1-7-4-2-3-5-8(7)10-6-9(11)12/h7-8,10H,2-6H2,1H3,(H,11,12). The predicted octanol–water partition coefficient (Wildman–Crippen LogP) is 1.24. The lowest BCUT2D eigenvalue weighted by atomic mass is 9.86. The molecule has 0 aromatic rings. The van der Waals surface area contributed by atoms with Gasteiger partial charge in [-0.1, -0.05) is 19.8 Å². The number of carboxylic acids is 1. The van der Waals surface area contributed by atoms with Gasteiger partial charge < -0.3 is 10.4 Å².